The Labute approximate surface area is 201 Å². The molecule has 1 aliphatic carbocycles. The first kappa shape index (κ1) is 23.7. The van der Waals surface area contributed by atoms with Gasteiger partial charge in [0, 0.05) is 37.9 Å². The Morgan fingerprint density at radius 2 is 1.94 bits per heavy atom. The Bertz CT molecular complexity index is 1110. The Morgan fingerprint density at radius 1 is 1.15 bits per heavy atom. The average Bonchev–Trinajstić information content (AvgIpc) is 2.88. The Morgan fingerprint density at radius 3 is 2.71 bits per heavy atom. The Kier molecular flexibility index (Phi) is 7.77. The largest absolute Gasteiger partial charge is 0.397 e. The Hall–Kier alpha value is -3.42. The van der Waals surface area contributed by atoms with E-state index in [4.69, 9.17) is 11.5 Å². The van der Waals surface area contributed by atoms with Gasteiger partial charge in [0.15, 0.2) is 0 Å². The van der Waals surface area contributed by atoms with Crippen LogP contribution in [0.5, 0.6) is 0 Å². The number of nitrogens with one attached hydrogen (secondary N) is 2. The van der Waals surface area contributed by atoms with Crippen LogP contribution in [0.15, 0.2) is 60.8 Å². The molecule has 0 bridgehead atoms. The molecule has 1 atom stereocenters. The topological polar surface area (TPSA) is 109 Å². The van der Waals surface area contributed by atoms with Crippen LogP contribution < -0.4 is 22.1 Å². The number of amides is 1. The van der Waals surface area contributed by atoms with Gasteiger partial charge >= 0.3 is 0 Å². The van der Waals surface area contributed by atoms with E-state index < -0.39 is 0 Å². The number of nitrogen functional groups attached to an aromatic ring is 1. The molecule has 1 aliphatic rings. The van der Waals surface area contributed by atoms with E-state index in [9.17, 15) is 4.79 Å². The fourth-order valence-electron chi connectivity index (χ4n) is 4.48. The van der Waals surface area contributed by atoms with Crippen LogP contribution in [0.4, 0.5) is 11.4 Å². The number of rotatable bonds is 9. The van der Waals surface area contributed by atoms with Crippen LogP contribution in [0, 0.1) is 0 Å². The zero-order chi connectivity index (χ0) is 23.9. The van der Waals surface area contributed by atoms with E-state index in [1.165, 1.54) is 17.7 Å². The SMILES string of the molecule is CN(CCNc1ccc(C(=O)NCc2ccc(CN)cc2)cc1N)C1CCCc2cccnc21. The molecule has 0 aliphatic heterocycles. The first-order valence-corrected chi connectivity index (χ1v) is 11.9. The number of likely N-dealkylation sites (N-methyl/N-ethyl adjacent to an activating group) is 1. The summed E-state index contributed by atoms with van der Waals surface area (Å²) in [5.41, 5.74) is 18.5. The molecular weight excluding hydrogens is 424 g/mol. The van der Waals surface area contributed by atoms with Crippen LogP contribution in [-0.4, -0.2) is 35.9 Å². The monoisotopic (exact) mass is 458 g/mol. The van der Waals surface area contributed by atoms with Crippen molar-refractivity contribution in [3.63, 3.8) is 0 Å². The average molecular weight is 459 g/mol. The van der Waals surface area contributed by atoms with Crippen LogP contribution in [0.3, 0.4) is 0 Å². The maximum Gasteiger partial charge on any atom is 0.251 e. The van der Waals surface area contributed by atoms with Gasteiger partial charge in [0.1, 0.15) is 0 Å². The minimum absolute atomic E-state index is 0.149. The van der Waals surface area contributed by atoms with E-state index in [0.29, 0.717) is 30.4 Å². The van der Waals surface area contributed by atoms with Crippen molar-refractivity contribution >= 4 is 17.3 Å². The number of carbonyl (C=O) groups is 1. The predicted molar refractivity (Wildman–Crippen MR) is 137 cm³/mol. The lowest BCUT2D eigenvalue weighted by molar-refractivity contribution is 0.0951. The molecule has 7 nitrogen and oxygen atoms in total. The van der Waals surface area contributed by atoms with Gasteiger partial charge in [-0.2, -0.15) is 0 Å². The fraction of sp³-hybridized carbons (Fsp3) is 0.333. The maximum absolute atomic E-state index is 12.6. The Balaban J connectivity index is 1.28. The summed E-state index contributed by atoms with van der Waals surface area (Å²) in [4.78, 5) is 19.6. The number of anilines is 2. The molecule has 1 heterocycles. The number of hydrogen-bond donors (Lipinski definition) is 4. The lowest BCUT2D eigenvalue weighted by Crippen LogP contribution is -2.32. The normalized spacial score (nSPS) is 15.1. The molecule has 178 valence electrons. The van der Waals surface area contributed by atoms with Gasteiger partial charge in [-0.25, -0.2) is 0 Å². The highest BCUT2D eigenvalue weighted by Crippen LogP contribution is 2.31. The highest BCUT2D eigenvalue weighted by atomic mass is 16.1. The van der Waals surface area contributed by atoms with Crippen LogP contribution in [0.2, 0.25) is 0 Å². The summed E-state index contributed by atoms with van der Waals surface area (Å²) in [6.07, 6.45) is 5.32. The molecule has 6 N–H and O–H groups in total. The number of nitrogens with two attached hydrogens (primary N) is 2. The van der Waals surface area contributed by atoms with Crippen LogP contribution >= 0.6 is 0 Å². The van der Waals surface area contributed by atoms with Crippen molar-refractivity contribution in [1.29, 1.82) is 0 Å². The number of carbonyl (C=O) groups excluding carboxylic acids is 1. The number of fused-ring (bicyclic) bond motifs is 1. The van der Waals surface area contributed by atoms with Gasteiger partial charge in [0.05, 0.1) is 23.1 Å². The molecular formula is C27H34N6O. The van der Waals surface area contributed by atoms with Crippen LogP contribution in [-0.2, 0) is 19.5 Å². The molecule has 4 rings (SSSR count). The molecule has 7 heteroatoms. The third-order valence-corrected chi connectivity index (χ3v) is 6.50. The lowest BCUT2D eigenvalue weighted by Gasteiger charge is -2.32. The maximum atomic E-state index is 12.6. The third kappa shape index (κ3) is 5.73. The molecule has 2 aromatic carbocycles. The van der Waals surface area contributed by atoms with Gasteiger partial charge in [-0.15, -0.1) is 0 Å². The number of aryl methyl sites for hydroxylation is 1. The number of nitrogens with zero attached hydrogens (tertiary/aromatic N) is 2. The number of benzene rings is 2. The minimum Gasteiger partial charge on any atom is -0.397 e. The molecule has 0 spiro atoms. The van der Waals surface area contributed by atoms with Gasteiger partial charge in [0.2, 0.25) is 0 Å². The van der Waals surface area contributed by atoms with Gasteiger partial charge in [-0.3, -0.25) is 14.7 Å². The predicted octanol–water partition coefficient (Wildman–Crippen LogP) is 3.47. The molecule has 34 heavy (non-hydrogen) atoms. The highest BCUT2D eigenvalue weighted by Gasteiger charge is 2.24. The quantitative estimate of drug-likeness (QED) is 0.366. The first-order chi connectivity index (χ1) is 16.5. The summed E-state index contributed by atoms with van der Waals surface area (Å²) in [5, 5.41) is 6.36. The molecule has 1 aromatic heterocycles. The summed E-state index contributed by atoms with van der Waals surface area (Å²) in [6.45, 7) is 2.58. The summed E-state index contributed by atoms with van der Waals surface area (Å²) in [7, 11) is 2.15. The molecule has 3 aromatic rings. The first-order valence-electron chi connectivity index (χ1n) is 11.9. The van der Waals surface area contributed by atoms with E-state index >= 15 is 0 Å². The molecule has 1 amide bonds. The van der Waals surface area contributed by atoms with Crippen molar-refractivity contribution < 1.29 is 4.79 Å². The van der Waals surface area contributed by atoms with Crippen molar-refractivity contribution in [3.8, 4) is 0 Å². The highest BCUT2D eigenvalue weighted by molar-refractivity contribution is 5.96. The number of hydrogen-bond acceptors (Lipinski definition) is 6. The van der Waals surface area contributed by atoms with E-state index in [-0.39, 0.29) is 5.91 Å². The zero-order valence-electron chi connectivity index (χ0n) is 19.8. The second kappa shape index (κ2) is 11.1. The molecule has 0 saturated heterocycles. The van der Waals surface area contributed by atoms with Gasteiger partial charge in [-0.1, -0.05) is 30.3 Å². The van der Waals surface area contributed by atoms with E-state index in [1.807, 2.05) is 42.6 Å². The smallest absolute Gasteiger partial charge is 0.251 e. The summed E-state index contributed by atoms with van der Waals surface area (Å²) >= 11 is 0. The van der Waals surface area contributed by atoms with Gasteiger partial charge in [-0.05, 0) is 67.3 Å². The molecule has 1 unspecified atom stereocenters. The summed E-state index contributed by atoms with van der Waals surface area (Å²) < 4.78 is 0. The zero-order valence-corrected chi connectivity index (χ0v) is 19.8. The fourth-order valence-corrected chi connectivity index (χ4v) is 4.48. The van der Waals surface area contributed by atoms with Crippen molar-refractivity contribution in [1.82, 2.24) is 15.2 Å². The van der Waals surface area contributed by atoms with Gasteiger partial charge in [0.25, 0.3) is 5.91 Å². The third-order valence-electron chi connectivity index (χ3n) is 6.50. The van der Waals surface area contributed by atoms with E-state index in [2.05, 4.69) is 33.6 Å². The van der Waals surface area contributed by atoms with Crippen LogP contribution in [0.1, 0.15) is 51.6 Å². The second-order valence-corrected chi connectivity index (χ2v) is 8.87. The van der Waals surface area contributed by atoms with E-state index in [1.54, 1.807) is 12.1 Å². The standard InChI is InChI=1S/C27H34N6O/c1-33(25-6-2-4-21-5-3-13-31-26(21)25)15-14-30-24-12-11-22(16-23(24)29)27(34)32-18-20-9-7-19(17-28)8-10-20/h3,5,7-13,16,25,30H,2,4,6,14-15,17-18,28-29H2,1H3,(H,32,34). The minimum atomic E-state index is -0.149. The van der Waals surface area contributed by atoms with Crippen molar-refractivity contribution in [2.45, 2.75) is 38.4 Å². The van der Waals surface area contributed by atoms with Crippen LogP contribution in [0.25, 0.3) is 0 Å². The number of pyridine rings is 1. The lowest BCUT2D eigenvalue weighted by atomic mass is 9.91. The number of aromatic nitrogens is 1. The van der Waals surface area contributed by atoms with Gasteiger partial charge < -0.3 is 22.1 Å². The molecule has 0 radical (unpaired) electrons. The second-order valence-electron chi connectivity index (χ2n) is 8.87. The van der Waals surface area contributed by atoms with Crippen molar-refractivity contribution in [2.75, 3.05) is 31.2 Å². The van der Waals surface area contributed by atoms with Crippen molar-refractivity contribution in [2.24, 2.45) is 5.73 Å². The van der Waals surface area contributed by atoms with Crippen molar-refractivity contribution in [3.05, 3.63) is 88.7 Å². The molecule has 0 fully saturated rings. The summed E-state index contributed by atoms with van der Waals surface area (Å²) in [5.74, 6) is -0.149. The van der Waals surface area contributed by atoms with E-state index in [0.717, 1.165) is 42.7 Å². The molecule has 0 saturated carbocycles. The summed E-state index contributed by atoms with van der Waals surface area (Å²) in [6, 6.07) is 17.9.